The van der Waals surface area contributed by atoms with Gasteiger partial charge in [0.1, 0.15) is 24.0 Å². The van der Waals surface area contributed by atoms with E-state index in [0.717, 1.165) is 0 Å². The number of imidazole rings is 1. The Bertz CT molecular complexity index is 651. The van der Waals surface area contributed by atoms with E-state index < -0.39 is 36.8 Å². The maximum atomic E-state index is 11.5. The summed E-state index contributed by atoms with van der Waals surface area (Å²) in [5.74, 6) is 0. The smallest absolute Gasteiger partial charge is 0.353 e. The quantitative estimate of drug-likeness (QED) is 0.587. The Morgan fingerprint density at radius 3 is 2.79 bits per heavy atom. The first-order valence-corrected chi connectivity index (χ1v) is 5.80. The molecule has 19 heavy (non-hydrogen) atoms. The second kappa shape index (κ2) is 4.42. The lowest BCUT2D eigenvalue weighted by atomic mass is 10.1. The van der Waals surface area contributed by atoms with E-state index >= 15 is 0 Å². The number of aliphatic hydroxyl groups is 3. The lowest BCUT2D eigenvalue weighted by Gasteiger charge is -2.17. The molecule has 4 atom stereocenters. The van der Waals surface area contributed by atoms with E-state index in [2.05, 4.69) is 4.98 Å². The van der Waals surface area contributed by atoms with Crippen LogP contribution in [0.3, 0.4) is 0 Å². The van der Waals surface area contributed by atoms with Crippen LogP contribution in [0.1, 0.15) is 6.23 Å². The first-order valence-electron chi connectivity index (χ1n) is 5.80. The summed E-state index contributed by atoms with van der Waals surface area (Å²) >= 11 is 0. The molecule has 0 radical (unpaired) electrons. The van der Waals surface area contributed by atoms with Gasteiger partial charge >= 0.3 is 5.69 Å². The predicted octanol–water partition coefficient (Wildman–Crippen LogP) is -1.89. The van der Waals surface area contributed by atoms with Crippen molar-refractivity contribution >= 4 is 5.65 Å². The molecule has 3 N–H and O–H groups in total. The minimum absolute atomic E-state index is 0.393. The Kier molecular flexibility index (Phi) is 2.86. The van der Waals surface area contributed by atoms with Gasteiger partial charge in [-0.2, -0.15) is 0 Å². The van der Waals surface area contributed by atoms with Crippen LogP contribution in [0.2, 0.25) is 0 Å². The average molecular weight is 267 g/mol. The second-order valence-corrected chi connectivity index (χ2v) is 4.39. The van der Waals surface area contributed by atoms with Crippen molar-refractivity contribution in [3.8, 4) is 0 Å². The van der Waals surface area contributed by atoms with Crippen molar-refractivity contribution in [3.63, 3.8) is 0 Å². The van der Waals surface area contributed by atoms with E-state index in [9.17, 15) is 15.0 Å². The summed E-state index contributed by atoms with van der Waals surface area (Å²) in [5, 5.41) is 28.7. The lowest BCUT2D eigenvalue weighted by Crippen LogP contribution is -2.33. The number of aromatic nitrogens is 3. The number of fused-ring (bicyclic) bond motifs is 1. The first-order chi connectivity index (χ1) is 9.13. The Balaban J connectivity index is 2.06. The fraction of sp³-hybridized carbons (Fsp3) is 0.455. The van der Waals surface area contributed by atoms with Gasteiger partial charge in [-0.25, -0.2) is 9.78 Å². The SMILES string of the molecule is O=c1nccc2n([C@@H]3O[C@H](CO)[C@@H](O)[C@@H]3O)ccn12. The minimum Gasteiger partial charge on any atom is -0.394 e. The second-order valence-electron chi connectivity index (χ2n) is 4.39. The van der Waals surface area contributed by atoms with E-state index in [1.54, 1.807) is 12.3 Å². The van der Waals surface area contributed by atoms with E-state index in [0.29, 0.717) is 5.65 Å². The molecule has 102 valence electrons. The van der Waals surface area contributed by atoms with Gasteiger partial charge in [-0.3, -0.25) is 4.40 Å². The number of nitrogens with zero attached hydrogens (tertiary/aromatic N) is 3. The number of hydrogen-bond acceptors (Lipinski definition) is 6. The van der Waals surface area contributed by atoms with Crippen molar-refractivity contribution in [3.05, 3.63) is 35.1 Å². The highest BCUT2D eigenvalue weighted by Crippen LogP contribution is 2.30. The maximum Gasteiger partial charge on any atom is 0.353 e. The summed E-state index contributed by atoms with van der Waals surface area (Å²) < 4.78 is 8.23. The number of aliphatic hydroxyl groups excluding tert-OH is 3. The normalized spacial score (nSPS) is 31.1. The summed E-state index contributed by atoms with van der Waals surface area (Å²) in [5.41, 5.74) is 0.0397. The van der Waals surface area contributed by atoms with Crippen molar-refractivity contribution in [2.24, 2.45) is 0 Å². The monoisotopic (exact) mass is 267 g/mol. The van der Waals surface area contributed by atoms with Crippen LogP contribution in [-0.4, -0.2) is 54.2 Å². The van der Waals surface area contributed by atoms with Crippen LogP contribution in [0.15, 0.2) is 29.5 Å². The van der Waals surface area contributed by atoms with Crippen LogP contribution in [0.4, 0.5) is 0 Å². The summed E-state index contributed by atoms with van der Waals surface area (Å²) in [7, 11) is 0. The zero-order valence-electron chi connectivity index (χ0n) is 9.83. The van der Waals surface area contributed by atoms with E-state index in [1.165, 1.54) is 21.4 Å². The molecule has 3 heterocycles. The fourth-order valence-electron chi connectivity index (χ4n) is 2.30. The van der Waals surface area contributed by atoms with Gasteiger partial charge in [0.05, 0.1) is 6.61 Å². The minimum atomic E-state index is -1.18. The van der Waals surface area contributed by atoms with E-state index in [4.69, 9.17) is 9.84 Å². The molecule has 8 heteroatoms. The molecular weight excluding hydrogens is 254 g/mol. The third-order valence-electron chi connectivity index (χ3n) is 3.29. The Labute approximate surface area is 107 Å². The topological polar surface area (TPSA) is 109 Å². The van der Waals surface area contributed by atoms with Gasteiger partial charge in [0.15, 0.2) is 6.23 Å². The van der Waals surface area contributed by atoms with Crippen molar-refractivity contribution in [1.29, 1.82) is 0 Å². The molecule has 0 aromatic carbocycles. The molecule has 1 aliphatic rings. The van der Waals surface area contributed by atoms with Crippen LogP contribution in [-0.2, 0) is 4.74 Å². The fourth-order valence-corrected chi connectivity index (χ4v) is 2.30. The Morgan fingerprint density at radius 1 is 1.32 bits per heavy atom. The van der Waals surface area contributed by atoms with Gasteiger partial charge in [-0.15, -0.1) is 0 Å². The van der Waals surface area contributed by atoms with Gasteiger partial charge in [0.25, 0.3) is 0 Å². The molecule has 0 bridgehead atoms. The highest BCUT2D eigenvalue weighted by atomic mass is 16.6. The molecule has 1 aliphatic heterocycles. The van der Waals surface area contributed by atoms with Crippen LogP contribution in [0.5, 0.6) is 0 Å². The average Bonchev–Trinajstić information content (AvgIpc) is 2.94. The van der Waals surface area contributed by atoms with Gasteiger partial charge in [0, 0.05) is 18.6 Å². The molecule has 0 aliphatic carbocycles. The molecule has 0 spiro atoms. The zero-order chi connectivity index (χ0) is 13.6. The van der Waals surface area contributed by atoms with Crippen molar-refractivity contribution < 1.29 is 20.1 Å². The number of rotatable bonds is 2. The Morgan fingerprint density at radius 2 is 2.11 bits per heavy atom. The highest BCUT2D eigenvalue weighted by Gasteiger charge is 2.43. The number of hydrogen-bond donors (Lipinski definition) is 3. The van der Waals surface area contributed by atoms with E-state index in [-0.39, 0.29) is 0 Å². The number of ether oxygens (including phenoxy) is 1. The zero-order valence-corrected chi connectivity index (χ0v) is 9.83. The van der Waals surface area contributed by atoms with E-state index in [1.807, 2.05) is 0 Å². The first kappa shape index (κ1) is 12.3. The third-order valence-corrected chi connectivity index (χ3v) is 3.29. The van der Waals surface area contributed by atoms with Crippen LogP contribution < -0.4 is 5.69 Å². The summed E-state index contributed by atoms with van der Waals surface area (Å²) in [6, 6.07) is 1.59. The Hall–Kier alpha value is -1.74. The van der Waals surface area contributed by atoms with Crippen molar-refractivity contribution in [2.45, 2.75) is 24.5 Å². The van der Waals surface area contributed by atoms with Gasteiger partial charge in [0.2, 0.25) is 0 Å². The molecule has 0 amide bonds. The predicted molar refractivity (Wildman–Crippen MR) is 62.5 cm³/mol. The molecule has 8 nitrogen and oxygen atoms in total. The van der Waals surface area contributed by atoms with Gasteiger partial charge in [-0.05, 0) is 6.07 Å². The summed E-state index contributed by atoms with van der Waals surface area (Å²) in [4.78, 5) is 15.1. The van der Waals surface area contributed by atoms with Gasteiger partial charge < -0.3 is 24.6 Å². The molecule has 0 unspecified atom stereocenters. The molecule has 0 saturated carbocycles. The lowest BCUT2D eigenvalue weighted by molar-refractivity contribution is -0.0508. The highest BCUT2D eigenvalue weighted by molar-refractivity contribution is 5.38. The molecule has 3 rings (SSSR count). The van der Waals surface area contributed by atoms with Crippen LogP contribution in [0.25, 0.3) is 5.65 Å². The summed E-state index contributed by atoms with van der Waals surface area (Å²) in [6.45, 7) is -0.393. The molecular formula is C11H13N3O5. The van der Waals surface area contributed by atoms with Crippen molar-refractivity contribution in [1.82, 2.24) is 14.0 Å². The maximum absolute atomic E-state index is 11.5. The summed E-state index contributed by atoms with van der Waals surface area (Å²) in [6.07, 6.45) is 0.339. The standard InChI is InChI=1S/C11H13N3O5/c15-5-6-8(16)9(17)10(19-6)13-3-4-14-7(13)1-2-12-11(14)18/h1-4,6,8-10,15-17H,5H2/t6-,8-,9+,10-/m1/s1. The molecule has 2 aromatic heterocycles. The van der Waals surface area contributed by atoms with Crippen LogP contribution >= 0.6 is 0 Å². The molecule has 1 fully saturated rings. The third kappa shape index (κ3) is 1.77. The van der Waals surface area contributed by atoms with Crippen molar-refractivity contribution in [2.75, 3.05) is 6.61 Å². The molecule has 2 aromatic rings. The molecule has 1 saturated heterocycles. The largest absolute Gasteiger partial charge is 0.394 e. The van der Waals surface area contributed by atoms with Crippen LogP contribution in [0, 0.1) is 0 Å². The van der Waals surface area contributed by atoms with Gasteiger partial charge in [-0.1, -0.05) is 0 Å².